The summed E-state index contributed by atoms with van der Waals surface area (Å²) in [4.78, 5) is 2.62. The van der Waals surface area contributed by atoms with Gasteiger partial charge in [-0.1, -0.05) is 13.3 Å². The van der Waals surface area contributed by atoms with Gasteiger partial charge in [0.1, 0.15) is 0 Å². The van der Waals surface area contributed by atoms with E-state index in [-0.39, 0.29) is 0 Å². The highest BCUT2D eigenvalue weighted by Crippen LogP contribution is 2.42. The number of piperidine rings is 1. The Bertz CT molecular complexity index is 532. The van der Waals surface area contributed by atoms with Gasteiger partial charge in [-0.2, -0.15) is 0 Å². The molecule has 3 atom stereocenters. The molecule has 1 saturated heterocycles. The molecule has 0 aromatic heterocycles. The van der Waals surface area contributed by atoms with Gasteiger partial charge < -0.3 is 15.2 Å². The topological polar surface area (TPSA) is 47.7 Å². The van der Waals surface area contributed by atoms with Gasteiger partial charge in [0.25, 0.3) is 0 Å². The summed E-state index contributed by atoms with van der Waals surface area (Å²) in [5, 5.41) is 0. The van der Waals surface area contributed by atoms with Gasteiger partial charge in [-0.15, -0.1) is 0 Å². The van der Waals surface area contributed by atoms with E-state index in [0.717, 1.165) is 37.4 Å². The largest absolute Gasteiger partial charge is 0.493 e. The van der Waals surface area contributed by atoms with Gasteiger partial charge >= 0.3 is 0 Å². The molecule has 2 N–H and O–H groups in total. The summed E-state index contributed by atoms with van der Waals surface area (Å²) in [7, 11) is 3.40. The van der Waals surface area contributed by atoms with Gasteiger partial charge in [0.15, 0.2) is 11.5 Å². The second-order valence-electron chi connectivity index (χ2n) is 6.62. The number of hydrogen-bond donors (Lipinski definition) is 1. The van der Waals surface area contributed by atoms with Gasteiger partial charge in [0.2, 0.25) is 0 Å². The van der Waals surface area contributed by atoms with Crippen LogP contribution in [0, 0.1) is 5.92 Å². The lowest BCUT2D eigenvalue weighted by atomic mass is 9.79. The number of hydrogen-bond acceptors (Lipinski definition) is 4. The Morgan fingerprint density at radius 1 is 1.23 bits per heavy atom. The van der Waals surface area contributed by atoms with E-state index < -0.39 is 0 Å². The molecule has 4 nitrogen and oxygen atoms in total. The molecule has 2 aliphatic rings. The van der Waals surface area contributed by atoms with E-state index in [1.165, 1.54) is 24.0 Å². The molecule has 0 bridgehead atoms. The molecule has 0 radical (unpaired) electrons. The van der Waals surface area contributed by atoms with Crippen molar-refractivity contribution < 1.29 is 9.47 Å². The Morgan fingerprint density at radius 3 is 2.64 bits per heavy atom. The monoisotopic (exact) mass is 304 g/mol. The van der Waals surface area contributed by atoms with E-state index in [0.29, 0.717) is 18.0 Å². The van der Waals surface area contributed by atoms with Crippen LogP contribution in [0.2, 0.25) is 0 Å². The predicted octanol–water partition coefficient (Wildman–Crippen LogP) is 2.75. The van der Waals surface area contributed by atoms with Crippen LogP contribution in [0.1, 0.15) is 43.4 Å². The lowest BCUT2D eigenvalue weighted by molar-refractivity contribution is 0.0789. The molecule has 0 amide bonds. The number of rotatable bonds is 4. The van der Waals surface area contributed by atoms with E-state index in [1.807, 2.05) is 0 Å². The van der Waals surface area contributed by atoms with E-state index in [1.54, 1.807) is 14.2 Å². The van der Waals surface area contributed by atoms with Crippen LogP contribution in [0.3, 0.4) is 0 Å². The van der Waals surface area contributed by atoms with Crippen molar-refractivity contribution in [3.8, 4) is 11.5 Å². The first kappa shape index (κ1) is 15.6. The van der Waals surface area contributed by atoms with Crippen molar-refractivity contribution in [2.45, 2.75) is 44.7 Å². The lowest BCUT2D eigenvalue weighted by Gasteiger charge is -2.46. The quantitative estimate of drug-likeness (QED) is 0.929. The summed E-state index contributed by atoms with van der Waals surface area (Å²) in [5.74, 6) is 2.30. The molecule has 0 spiro atoms. The molecular weight excluding hydrogens is 276 g/mol. The number of methoxy groups -OCH3 is 2. The van der Waals surface area contributed by atoms with Crippen LogP contribution >= 0.6 is 0 Å². The van der Waals surface area contributed by atoms with Crippen molar-refractivity contribution >= 4 is 0 Å². The number of benzene rings is 1. The van der Waals surface area contributed by atoms with E-state index >= 15 is 0 Å². The summed E-state index contributed by atoms with van der Waals surface area (Å²) in [5.41, 5.74) is 9.25. The highest BCUT2D eigenvalue weighted by atomic mass is 16.5. The molecule has 22 heavy (non-hydrogen) atoms. The number of ether oxygens (including phenoxy) is 2. The second-order valence-corrected chi connectivity index (χ2v) is 6.62. The minimum absolute atomic E-state index is 0.306. The Hall–Kier alpha value is -1.26. The van der Waals surface area contributed by atoms with Crippen molar-refractivity contribution in [2.24, 2.45) is 11.7 Å². The molecule has 2 aliphatic heterocycles. The molecule has 1 fully saturated rings. The van der Waals surface area contributed by atoms with Gasteiger partial charge in [-0.25, -0.2) is 0 Å². The van der Waals surface area contributed by atoms with E-state index in [4.69, 9.17) is 15.2 Å². The SMILES string of the molecule is CCC[C@@H]1CN2CCc3cc(OC)c(OC)cc3[C@H]2C[C@@H]1N. The summed E-state index contributed by atoms with van der Waals surface area (Å²) in [6.07, 6.45) is 4.59. The third-order valence-corrected chi connectivity index (χ3v) is 5.34. The average molecular weight is 304 g/mol. The number of nitrogens with zero attached hydrogens (tertiary/aromatic N) is 1. The van der Waals surface area contributed by atoms with Gasteiger partial charge in [0, 0.05) is 25.2 Å². The smallest absolute Gasteiger partial charge is 0.161 e. The van der Waals surface area contributed by atoms with Crippen LogP contribution < -0.4 is 15.2 Å². The van der Waals surface area contributed by atoms with Crippen molar-refractivity contribution in [2.75, 3.05) is 27.3 Å². The zero-order chi connectivity index (χ0) is 15.7. The van der Waals surface area contributed by atoms with Crippen molar-refractivity contribution in [1.29, 1.82) is 0 Å². The maximum Gasteiger partial charge on any atom is 0.161 e. The lowest BCUT2D eigenvalue weighted by Crippen LogP contribution is -2.50. The molecule has 1 aromatic carbocycles. The van der Waals surface area contributed by atoms with Gasteiger partial charge in [-0.3, -0.25) is 4.90 Å². The molecule has 1 aromatic rings. The first-order valence-corrected chi connectivity index (χ1v) is 8.42. The molecule has 3 rings (SSSR count). The van der Waals surface area contributed by atoms with Crippen LogP contribution in [0.25, 0.3) is 0 Å². The highest BCUT2D eigenvalue weighted by molar-refractivity contribution is 5.49. The van der Waals surface area contributed by atoms with Gasteiger partial charge in [0.05, 0.1) is 14.2 Å². The number of nitrogens with two attached hydrogens (primary N) is 1. The fourth-order valence-electron chi connectivity index (χ4n) is 4.14. The Kier molecular flexibility index (Phi) is 4.59. The zero-order valence-electron chi connectivity index (χ0n) is 14.0. The third-order valence-electron chi connectivity index (χ3n) is 5.34. The third kappa shape index (κ3) is 2.70. The standard InChI is InChI=1S/C18H28N2O2/c1-4-5-13-11-20-7-6-12-8-17(21-2)18(22-3)9-14(12)16(20)10-15(13)19/h8-9,13,15-16H,4-7,10-11,19H2,1-3H3/t13-,15+,16-/m1/s1. The Balaban J connectivity index is 1.90. The fraction of sp³-hybridized carbons (Fsp3) is 0.667. The zero-order valence-corrected chi connectivity index (χ0v) is 14.0. The van der Waals surface area contributed by atoms with Crippen LogP contribution in [-0.4, -0.2) is 38.3 Å². The summed E-state index contributed by atoms with van der Waals surface area (Å²) in [6.45, 7) is 4.51. The summed E-state index contributed by atoms with van der Waals surface area (Å²) in [6, 6.07) is 5.06. The highest BCUT2D eigenvalue weighted by Gasteiger charge is 2.37. The fourth-order valence-corrected chi connectivity index (χ4v) is 4.14. The molecule has 2 heterocycles. The normalized spacial score (nSPS) is 27.9. The molecule has 0 unspecified atom stereocenters. The average Bonchev–Trinajstić information content (AvgIpc) is 2.54. The van der Waals surface area contributed by atoms with Crippen LogP contribution in [0.5, 0.6) is 11.5 Å². The maximum atomic E-state index is 6.47. The van der Waals surface area contributed by atoms with Crippen LogP contribution in [0.15, 0.2) is 12.1 Å². The van der Waals surface area contributed by atoms with Crippen molar-refractivity contribution in [3.63, 3.8) is 0 Å². The first-order valence-electron chi connectivity index (χ1n) is 8.42. The minimum atomic E-state index is 0.306. The Morgan fingerprint density at radius 2 is 1.95 bits per heavy atom. The van der Waals surface area contributed by atoms with E-state index in [2.05, 4.69) is 24.0 Å². The number of fused-ring (bicyclic) bond motifs is 3. The predicted molar refractivity (Wildman–Crippen MR) is 88.6 cm³/mol. The van der Waals surface area contributed by atoms with Gasteiger partial charge in [-0.05, 0) is 48.4 Å². The molecule has 0 aliphatic carbocycles. The van der Waals surface area contributed by atoms with Crippen molar-refractivity contribution in [3.05, 3.63) is 23.3 Å². The molecule has 4 heteroatoms. The second kappa shape index (κ2) is 6.47. The minimum Gasteiger partial charge on any atom is -0.493 e. The van der Waals surface area contributed by atoms with Crippen molar-refractivity contribution in [1.82, 2.24) is 4.90 Å². The molecular formula is C18H28N2O2. The Labute approximate surface area is 133 Å². The van der Waals surface area contributed by atoms with Crippen LogP contribution in [-0.2, 0) is 6.42 Å². The summed E-state index contributed by atoms with van der Waals surface area (Å²) < 4.78 is 10.9. The van der Waals surface area contributed by atoms with E-state index in [9.17, 15) is 0 Å². The molecule has 122 valence electrons. The first-order chi connectivity index (χ1) is 10.7. The summed E-state index contributed by atoms with van der Waals surface area (Å²) >= 11 is 0. The maximum absolute atomic E-state index is 6.47. The van der Waals surface area contributed by atoms with Crippen LogP contribution in [0.4, 0.5) is 0 Å². The molecule has 0 saturated carbocycles.